The molecular weight excluding hydrogens is 296 g/mol. The maximum atomic E-state index is 12.6. The smallest absolute Gasteiger partial charge is 0.252 e. The third-order valence-electron chi connectivity index (χ3n) is 4.17. The van der Waals surface area contributed by atoms with E-state index in [0.717, 1.165) is 25.7 Å². The minimum absolute atomic E-state index is 0.280. The molecule has 3 N–H and O–H groups in total. The van der Waals surface area contributed by atoms with E-state index in [1.807, 2.05) is 0 Å². The Morgan fingerprint density at radius 1 is 1.26 bits per heavy atom. The fourth-order valence-electron chi connectivity index (χ4n) is 2.98. The first kappa shape index (κ1) is 15.2. The van der Waals surface area contributed by atoms with Crippen LogP contribution in [0.4, 0.5) is 0 Å². The SMILES string of the molecule is Cc1nc(C2(NC(=O)c3cccc(C(N)=O)c3)CCCC2)no1. The normalized spacial score (nSPS) is 16.2. The average molecular weight is 314 g/mol. The maximum absolute atomic E-state index is 12.6. The van der Waals surface area contributed by atoms with Gasteiger partial charge in [-0.1, -0.05) is 24.1 Å². The van der Waals surface area contributed by atoms with E-state index in [2.05, 4.69) is 15.5 Å². The van der Waals surface area contributed by atoms with Crippen molar-refractivity contribution < 1.29 is 14.1 Å². The molecule has 0 spiro atoms. The Morgan fingerprint density at radius 2 is 1.96 bits per heavy atom. The molecule has 1 saturated carbocycles. The summed E-state index contributed by atoms with van der Waals surface area (Å²) in [5.74, 6) is 0.129. The van der Waals surface area contributed by atoms with Crippen LogP contribution in [0, 0.1) is 6.92 Å². The number of nitrogens with one attached hydrogen (secondary N) is 1. The van der Waals surface area contributed by atoms with Gasteiger partial charge in [-0.05, 0) is 31.0 Å². The molecule has 2 aromatic rings. The van der Waals surface area contributed by atoms with Crippen molar-refractivity contribution in [3.05, 3.63) is 47.1 Å². The molecule has 1 aromatic heterocycles. The summed E-state index contributed by atoms with van der Waals surface area (Å²) < 4.78 is 5.07. The van der Waals surface area contributed by atoms with E-state index in [-0.39, 0.29) is 5.91 Å². The summed E-state index contributed by atoms with van der Waals surface area (Å²) in [5.41, 5.74) is 5.33. The second kappa shape index (κ2) is 5.83. The third-order valence-corrected chi connectivity index (χ3v) is 4.17. The summed E-state index contributed by atoms with van der Waals surface area (Å²) in [6.07, 6.45) is 3.48. The van der Waals surface area contributed by atoms with E-state index >= 15 is 0 Å². The first-order valence-electron chi connectivity index (χ1n) is 7.53. The van der Waals surface area contributed by atoms with Gasteiger partial charge in [-0.2, -0.15) is 4.98 Å². The van der Waals surface area contributed by atoms with Gasteiger partial charge < -0.3 is 15.6 Å². The van der Waals surface area contributed by atoms with Crippen LogP contribution in [0.15, 0.2) is 28.8 Å². The van der Waals surface area contributed by atoms with Crippen LogP contribution < -0.4 is 11.1 Å². The first-order valence-corrected chi connectivity index (χ1v) is 7.53. The predicted molar refractivity (Wildman–Crippen MR) is 81.6 cm³/mol. The van der Waals surface area contributed by atoms with Crippen LogP contribution in [0.5, 0.6) is 0 Å². The molecule has 1 aromatic carbocycles. The van der Waals surface area contributed by atoms with Gasteiger partial charge >= 0.3 is 0 Å². The molecule has 2 amide bonds. The summed E-state index contributed by atoms with van der Waals surface area (Å²) in [7, 11) is 0. The van der Waals surface area contributed by atoms with Crippen LogP contribution in [0.3, 0.4) is 0 Å². The van der Waals surface area contributed by atoms with Crippen molar-refractivity contribution in [1.29, 1.82) is 0 Å². The number of primary amides is 1. The van der Waals surface area contributed by atoms with Gasteiger partial charge in [0.1, 0.15) is 5.54 Å². The molecule has 7 heteroatoms. The van der Waals surface area contributed by atoms with Crippen molar-refractivity contribution in [1.82, 2.24) is 15.5 Å². The number of hydrogen-bond acceptors (Lipinski definition) is 5. The molecule has 1 aliphatic rings. The van der Waals surface area contributed by atoms with Crippen LogP contribution in [0.25, 0.3) is 0 Å². The summed E-state index contributed by atoms with van der Waals surface area (Å²) in [4.78, 5) is 28.2. The lowest BCUT2D eigenvalue weighted by molar-refractivity contribution is 0.0892. The molecule has 0 radical (unpaired) electrons. The maximum Gasteiger partial charge on any atom is 0.252 e. The highest BCUT2D eigenvalue weighted by Crippen LogP contribution is 2.37. The van der Waals surface area contributed by atoms with E-state index in [1.54, 1.807) is 25.1 Å². The highest BCUT2D eigenvalue weighted by molar-refractivity contribution is 5.99. The average Bonchev–Trinajstić information content (AvgIpc) is 3.17. The number of carbonyl (C=O) groups excluding carboxylic acids is 2. The van der Waals surface area contributed by atoms with E-state index in [9.17, 15) is 9.59 Å². The quantitative estimate of drug-likeness (QED) is 0.891. The highest BCUT2D eigenvalue weighted by atomic mass is 16.5. The zero-order valence-electron chi connectivity index (χ0n) is 12.8. The van der Waals surface area contributed by atoms with Gasteiger partial charge in [-0.3, -0.25) is 9.59 Å². The van der Waals surface area contributed by atoms with Crippen molar-refractivity contribution in [2.24, 2.45) is 5.73 Å². The summed E-state index contributed by atoms with van der Waals surface area (Å²) >= 11 is 0. The third kappa shape index (κ3) is 2.94. The van der Waals surface area contributed by atoms with E-state index in [4.69, 9.17) is 10.3 Å². The Balaban J connectivity index is 1.87. The van der Waals surface area contributed by atoms with Crippen molar-refractivity contribution in [3.8, 4) is 0 Å². The van der Waals surface area contributed by atoms with Gasteiger partial charge in [0.25, 0.3) is 5.91 Å². The van der Waals surface area contributed by atoms with Gasteiger partial charge in [0.05, 0.1) is 0 Å². The van der Waals surface area contributed by atoms with Gasteiger partial charge in [-0.25, -0.2) is 0 Å². The monoisotopic (exact) mass is 314 g/mol. The summed E-state index contributed by atoms with van der Waals surface area (Å²) in [6, 6.07) is 6.34. The Morgan fingerprint density at radius 3 is 2.57 bits per heavy atom. The summed E-state index contributed by atoms with van der Waals surface area (Å²) in [6.45, 7) is 1.72. The largest absolute Gasteiger partial charge is 0.366 e. The number of rotatable bonds is 4. The van der Waals surface area contributed by atoms with Gasteiger partial charge in [0, 0.05) is 18.1 Å². The lowest BCUT2D eigenvalue weighted by atomic mass is 9.95. The van der Waals surface area contributed by atoms with Gasteiger partial charge in [0.15, 0.2) is 5.82 Å². The molecule has 1 fully saturated rings. The molecule has 0 aliphatic heterocycles. The Bertz CT molecular complexity index is 747. The molecule has 0 unspecified atom stereocenters. The van der Waals surface area contributed by atoms with Crippen LogP contribution in [0.1, 0.15) is 58.1 Å². The number of aryl methyl sites for hydroxylation is 1. The fraction of sp³-hybridized carbons (Fsp3) is 0.375. The number of carbonyl (C=O) groups is 2. The lowest BCUT2D eigenvalue weighted by Gasteiger charge is -2.26. The van der Waals surface area contributed by atoms with Crippen molar-refractivity contribution in [2.75, 3.05) is 0 Å². The molecule has 7 nitrogen and oxygen atoms in total. The van der Waals surface area contributed by atoms with E-state index in [0.29, 0.717) is 22.8 Å². The molecule has 1 aliphatic carbocycles. The standard InChI is InChI=1S/C16H18N4O3/c1-10-18-15(20-23-10)16(7-2-3-8-16)19-14(22)12-6-4-5-11(9-12)13(17)21/h4-6,9H,2-3,7-8H2,1H3,(H2,17,21)(H,19,22). The van der Waals surface area contributed by atoms with Crippen molar-refractivity contribution in [3.63, 3.8) is 0 Å². The molecule has 0 bridgehead atoms. The topological polar surface area (TPSA) is 111 Å². The number of hydrogen-bond donors (Lipinski definition) is 2. The molecule has 0 atom stereocenters. The number of benzene rings is 1. The zero-order chi connectivity index (χ0) is 16.4. The summed E-state index contributed by atoms with van der Waals surface area (Å²) in [5, 5.41) is 7.02. The lowest BCUT2D eigenvalue weighted by Crippen LogP contribution is -2.44. The minimum Gasteiger partial charge on any atom is -0.366 e. The first-order chi connectivity index (χ1) is 11.0. The van der Waals surface area contributed by atoms with Gasteiger partial charge in [0.2, 0.25) is 11.8 Å². The molecule has 1 heterocycles. The predicted octanol–water partition coefficient (Wildman–Crippen LogP) is 1.68. The van der Waals surface area contributed by atoms with Crippen molar-refractivity contribution >= 4 is 11.8 Å². The Hall–Kier alpha value is -2.70. The molecular formula is C16H18N4O3. The van der Waals surface area contributed by atoms with E-state index < -0.39 is 11.4 Å². The zero-order valence-corrected chi connectivity index (χ0v) is 12.8. The number of aromatic nitrogens is 2. The minimum atomic E-state index is -0.614. The van der Waals surface area contributed by atoms with Crippen LogP contribution in [-0.4, -0.2) is 22.0 Å². The van der Waals surface area contributed by atoms with Crippen LogP contribution in [-0.2, 0) is 5.54 Å². The molecule has 3 rings (SSSR count). The molecule has 23 heavy (non-hydrogen) atoms. The number of amides is 2. The van der Waals surface area contributed by atoms with Gasteiger partial charge in [-0.15, -0.1) is 0 Å². The number of nitrogens with zero attached hydrogens (tertiary/aromatic N) is 2. The van der Waals surface area contributed by atoms with Crippen LogP contribution >= 0.6 is 0 Å². The Kier molecular flexibility index (Phi) is 3.85. The molecule has 120 valence electrons. The molecule has 0 saturated heterocycles. The van der Waals surface area contributed by atoms with Crippen LogP contribution in [0.2, 0.25) is 0 Å². The van der Waals surface area contributed by atoms with Crippen molar-refractivity contribution in [2.45, 2.75) is 38.1 Å². The number of nitrogens with two attached hydrogens (primary N) is 1. The second-order valence-corrected chi connectivity index (χ2v) is 5.83. The fourth-order valence-corrected chi connectivity index (χ4v) is 2.98. The Labute approximate surface area is 133 Å². The second-order valence-electron chi connectivity index (χ2n) is 5.83. The highest BCUT2D eigenvalue weighted by Gasteiger charge is 2.41. The van der Waals surface area contributed by atoms with E-state index in [1.165, 1.54) is 6.07 Å².